The van der Waals surface area contributed by atoms with Crippen LogP contribution in [-0.4, -0.2) is 13.0 Å². The minimum absolute atomic E-state index is 0.0162. The molecule has 0 amide bonds. The molecule has 1 aromatic rings. The van der Waals surface area contributed by atoms with E-state index >= 15 is 0 Å². The maximum atomic E-state index is 10.5. The summed E-state index contributed by atoms with van der Waals surface area (Å²) in [7, 11) is -4.21. The first-order valence-corrected chi connectivity index (χ1v) is 4.83. The molecule has 0 unspecified atom stereocenters. The van der Waals surface area contributed by atoms with Crippen molar-refractivity contribution in [3.63, 3.8) is 0 Å². The zero-order chi connectivity index (χ0) is 8.48. The van der Waals surface area contributed by atoms with Gasteiger partial charge in [0.05, 0.1) is 5.56 Å². The van der Waals surface area contributed by atoms with Crippen molar-refractivity contribution in [1.82, 2.24) is 0 Å². The molecular weight excluding hydrogens is 186 g/mol. The van der Waals surface area contributed by atoms with Crippen LogP contribution in [0.4, 0.5) is 0 Å². The number of hydrogen-bond acceptors (Lipinski definition) is 4. The molecule has 0 saturated carbocycles. The third-order valence-electron chi connectivity index (χ3n) is 0.984. The Kier molecular flexibility index (Phi) is 1.95. The van der Waals surface area contributed by atoms with Crippen molar-refractivity contribution < 1.29 is 13.0 Å². The largest absolute Gasteiger partial charge is 0.305 e. The summed E-state index contributed by atoms with van der Waals surface area (Å²) in [6.07, 6.45) is 0. The highest BCUT2D eigenvalue weighted by atomic mass is 32.3. The number of nitriles is 1. The zero-order valence-electron chi connectivity index (χ0n) is 5.18. The molecule has 1 N–H and O–H groups in total. The highest BCUT2D eigenvalue weighted by Gasteiger charge is 2.16. The van der Waals surface area contributed by atoms with E-state index < -0.39 is 10.1 Å². The quantitative estimate of drug-likeness (QED) is 0.665. The smallest absolute Gasteiger partial charge is 0.281 e. The fourth-order valence-electron chi connectivity index (χ4n) is 0.578. The normalized spacial score (nSPS) is 10.9. The van der Waals surface area contributed by atoms with E-state index in [1.54, 1.807) is 6.07 Å². The van der Waals surface area contributed by atoms with Gasteiger partial charge in [-0.3, -0.25) is 4.55 Å². The molecule has 0 bridgehead atoms. The Morgan fingerprint density at radius 1 is 1.64 bits per heavy atom. The monoisotopic (exact) mass is 189 g/mol. The maximum absolute atomic E-state index is 10.5. The first-order chi connectivity index (χ1) is 5.05. The lowest BCUT2D eigenvalue weighted by Gasteiger charge is -1.88. The van der Waals surface area contributed by atoms with Gasteiger partial charge in [-0.15, -0.1) is 11.3 Å². The van der Waals surface area contributed by atoms with Crippen LogP contribution in [0.3, 0.4) is 0 Å². The van der Waals surface area contributed by atoms with Crippen molar-refractivity contribution >= 4 is 21.5 Å². The summed E-state index contributed by atoms with van der Waals surface area (Å²) in [6.45, 7) is 0. The number of hydrogen-bond donors (Lipinski definition) is 1. The molecule has 11 heavy (non-hydrogen) atoms. The Labute approximate surface area is 67.5 Å². The van der Waals surface area contributed by atoms with Gasteiger partial charge in [0.2, 0.25) is 0 Å². The summed E-state index contributed by atoms with van der Waals surface area (Å²) >= 11 is 0.821. The predicted molar refractivity (Wildman–Crippen MR) is 38.8 cm³/mol. The average molecular weight is 189 g/mol. The van der Waals surface area contributed by atoms with Gasteiger partial charge in [0.1, 0.15) is 6.07 Å². The van der Waals surface area contributed by atoms with Gasteiger partial charge in [-0.2, -0.15) is 13.7 Å². The van der Waals surface area contributed by atoms with Gasteiger partial charge in [-0.1, -0.05) is 0 Å². The molecule has 6 heteroatoms. The third kappa shape index (κ3) is 1.57. The van der Waals surface area contributed by atoms with Gasteiger partial charge in [0.25, 0.3) is 0 Å². The molecule has 0 aliphatic rings. The zero-order valence-corrected chi connectivity index (χ0v) is 6.82. The van der Waals surface area contributed by atoms with Crippen molar-refractivity contribution in [3.8, 4) is 6.07 Å². The van der Waals surface area contributed by atoms with Gasteiger partial charge in [0, 0.05) is 0 Å². The Hall–Kier alpha value is -0.900. The van der Waals surface area contributed by atoms with E-state index in [2.05, 4.69) is 0 Å². The van der Waals surface area contributed by atoms with Crippen LogP contribution in [0.5, 0.6) is 0 Å². The van der Waals surface area contributed by atoms with Crippen molar-refractivity contribution in [1.29, 1.82) is 5.26 Å². The van der Waals surface area contributed by atoms with Crippen LogP contribution >= 0.6 is 11.3 Å². The minimum Gasteiger partial charge on any atom is -0.281 e. The molecule has 58 valence electrons. The Morgan fingerprint density at radius 2 is 2.27 bits per heavy atom. The fraction of sp³-hybridized carbons (Fsp3) is 0. The summed E-state index contributed by atoms with van der Waals surface area (Å²) in [5.74, 6) is 0. The third-order valence-corrected chi connectivity index (χ3v) is 3.30. The maximum Gasteiger partial charge on any atom is 0.305 e. The van der Waals surface area contributed by atoms with Crippen LogP contribution in [0.25, 0.3) is 0 Å². The molecule has 1 heterocycles. The topological polar surface area (TPSA) is 78.2 Å². The van der Waals surface area contributed by atoms with E-state index in [-0.39, 0.29) is 9.77 Å². The molecular formula is C5H3NO3S2. The predicted octanol–water partition coefficient (Wildman–Crippen LogP) is 0.866. The van der Waals surface area contributed by atoms with E-state index in [1.165, 1.54) is 11.4 Å². The minimum atomic E-state index is -4.21. The van der Waals surface area contributed by atoms with E-state index in [9.17, 15) is 8.42 Å². The fourth-order valence-corrected chi connectivity index (χ4v) is 2.19. The van der Waals surface area contributed by atoms with E-state index in [0.29, 0.717) is 0 Å². The number of nitrogens with zero attached hydrogens (tertiary/aromatic N) is 1. The van der Waals surface area contributed by atoms with Crippen molar-refractivity contribution in [3.05, 3.63) is 17.0 Å². The SMILES string of the molecule is N#Cc1ccsc1S(=O)(=O)O. The molecule has 0 fully saturated rings. The first-order valence-electron chi connectivity index (χ1n) is 2.51. The van der Waals surface area contributed by atoms with Crippen LogP contribution in [0, 0.1) is 11.3 Å². The van der Waals surface area contributed by atoms with Crippen molar-refractivity contribution in [2.45, 2.75) is 4.21 Å². The van der Waals surface area contributed by atoms with E-state index in [4.69, 9.17) is 9.81 Å². The van der Waals surface area contributed by atoms with Crippen LogP contribution in [0.15, 0.2) is 15.7 Å². The lowest BCUT2D eigenvalue weighted by atomic mass is 10.4. The van der Waals surface area contributed by atoms with Crippen molar-refractivity contribution in [2.75, 3.05) is 0 Å². The molecule has 0 aliphatic heterocycles. The highest BCUT2D eigenvalue weighted by molar-refractivity contribution is 7.88. The molecule has 0 spiro atoms. The molecule has 4 nitrogen and oxygen atoms in total. The summed E-state index contributed by atoms with van der Waals surface area (Å²) in [6, 6.07) is 2.99. The molecule has 1 rings (SSSR count). The Morgan fingerprint density at radius 3 is 2.64 bits per heavy atom. The summed E-state index contributed by atoms with van der Waals surface area (Å²) in [5, 5.41) is 9.78. The second-order valence-corrected chi connectivity index (χ2v) is 4.24. The van der Waals surface area contributed by atoms with E-state index in [1.807, 2.05) is 0 Å². The number of rotatable bonds is 1. The highest BCUT2D eigenvalue weighted by Crippen LogP contribution is 2.20. The first kappa shape index (κ1) is 8.20. The second kappa shape index (κ2) is 2.62. The average Bonchev–Trinajstić information content (AvgIpc) is 2.31. The van der Waals surface area contributed by atoms with Crippen LogP contribution < -0.4 is 0 Å². The molecule has 0 atom stereocenters. The lowest BCUT2D eigenvalue weighted by molar-refractivity contribution is 0.485. The Bertz CT molecular complexity index is 398. The van der Waals surface area contributed by atoms with Crippen LogP contribution in [0.1, 0.15) is 5.56 Å². The summed E-state index contributed by atoms with van der Waals surface area (Å²) in [4.78, 5) is 0. The molecule has 0 saturated heterocycles. The number of thiophene rings is 1. The van der Waals surface area contributed by atoms with Crippen molar-refractivity contribution in [2.24, 2.45) is 0 Å². The summed E-state index contributed by atoms with van der Waals surface area (Å²) in [5.41, 5.74) is -0.0162. The molecule has 0 aromatic carbocycles. The van der Waals surface area contributed by atoms with Crippen LogP contribution in [0.2, 0.25) is 0 Å². The standard InChI is InChI=1S/C5H3NO3S2/c6-3-4-1-2-10-5(4)11(7,8)9/h1-2H,(H,7,8,9). The summed E-state index contributed by atoms with van der Waals surface area (Å²) < 4.78 is 29.2. The van der Waals surface area contributed by atoms with Gasteiger partial charge < -0.3 is 0 Å². The molecule has 0 radical (unpaired) electrons. The molecule has 1 aromatic heterocycles. The van der Waals surface area contributed by atoms with Gasteiger partial charge >= 0.3 is 10.1 Å². The van der Waals surface area contributed by atoms with Gasteiger partial charge in [-0.25, -0.2) is 0 Å². The Balaban J connectivity index is 3.39. The van der Waals surface area contributed by atoms with Gasteiger partial charge in [0.15, 0.2) is 4.21 Å². The van der Waals surface area contributed by atoms with E-state index in [0.717, 1.165) is 11.3 Å². The van der Waals surface area contributed by atoms with Gasteiger partial charge in [-0.05, 0) is 11.4 Å². The van der Waals surface area contributed by atoms with Crippen LogP contribution in [-0.2, 0) is 10.1 Å². The second-order valence-electron chi connectivity index (χ2n) is 1.71. The molecule has 0 aliphatic carbocycles. The lowest BCUT2D eigenvalue weighted by Crippen LogP contribution is -1.96.